The van der Waals surface area contributed by atoms with Crippen molar-refractivity contribution in [3.8, 4) is 10.4 Å². The van der Waals surface area contributed by atoms with Crippen LogP contribution in [0, 0.1) is 6.92 Å². The molecule has 0 spiro atoms. The lowest BCUT2D eigenvalue weighted by Gasteiger charge is -2.10. The first-order chi connectivity index (χ1) is 8.72. The van der Waals surface area contributed by atoms with Crippen LogP contribution >= 0.6 is 11.3 Å². The second kappa shape index (κ2) is 6.17. The molecule has 1 heterocycles. The van der Waals surface area contributed by atoms with E-state index in [0.29, 0.717) is 6.04 Å². The van der Waals surface area contributed by atoms with Crippen LogP contribution in [0.1, 0.15) is 36.8 Å². The van der Waals surface area contributed by atoms with Crippen molar-refractivity contribution < 1.29 is 0 Å². The van der Waals surface area contributed by atoms with Gasteiger partial charge in [-0.15, -0.1) is 11.3 Å². The SMILES string of the molecule is CCCNC(C)c1ccc(-c2ccccc2C)s1. The number of rotatable bonds is 5. The third-order valence-corrected chi connectivity index (χ3v) is 4.47. The van der Waals surface area contributed by atoms with Crippen molar-refractivity contribution in [3.63, 3.8) is 0 Å². The minimum Gasteiger partial charge on any atom is -0.309 e. The smallest absolute Gasteiger partial charge is 0.0386 e. The number of hydrogen-bond acceptors (Lipinski definition) is 2. The fourth-order valence-corrected chi connectivity index (χ4v) is 3.17. The molecular weight excluding hydrogens is 238 g/mol. The van der Waals surface area contributed by atoms with Crippen molar-refractivity contribution in [3.05, 3.63) is 46.8 Å². The van der Waals surface area contributed by atoms with Gasteiger partial charge in [-0.2, -0.15) is 0 Å². The maximum Gasteiger partial charge on any atom is 0.0386 e. The molecule has 0 saturated carbocycles. The van der Waals surface area contributed by atoms with Crippen LogP contribution in [0.15, 0.2) is 36.4 Å². The van der Waals surface area contributed by atoms with Crippen molar-refractivity contribution in [2.45, 2.75) is 33.2 Å². The van der Waals surface area contributed by atoms with Crippen LogP contribution in [0.25, 0.3) is 10.4 Å². The Morgan fingerprint density at radius 2 is 1.94 bits per heavy atom. The largest absolute Gasteiger partial charge is 0.309 e. The van der Waals surface area contributed by atoms with Crippen molar-refractivity contribution in [2.24, 2.45) is 0 Å². The van der Waals surface area contributed by atoms with Crippen LogP contribution in [0.2, 0.25) is 0 Å². The molecule has 0 radical (unpaired) electrons. The van der Waals surface area contributed by atoms with Crippen LogP contribution in [0.3, 0.4) is 0 Å². The van der Waals surface area contributed by atoms with Crippen LogP contribution in [0.4, 0.5) is 0 Å². The predicted octanol–water partition coefficient (Wildman–Crippen LogP) is 4.78. The van der Waals surface area contributed by atoms with Gasteiger partial charge in [-0.3, -0.25) is 0 Å². The topological polar surface area (TPSA) is 12.0 Å². The summed E-state index contributed by atoms with van der Waals surface area (Å²) in [5.74, 6) is 0. The van der Waals surface area contributed by atoms with Crippen molar-refractivity contribution >= 4 is 11.3 Å². The van der Waals surface area contributed by atoms with Crippen molar-refractivity contribution in [1.82, 2.24) is 5.32 Å². The second-order valence-electron chi connectivity index (χ2n) is 4.69. The van der Waals surface area contributed by atoms with Crippen LogP contribution < -0.4 is 5.32 Å². The third kappa shape index (κ3) is 3.01. The minimum atomic E-state index is 0.452. The maximum absolute atomic E-state index is 3.54. The summed E-state index contributed by atoms with van der Waals surface area (Å²) in [4.78, 5) is 2.79. The van der Waals surface area contributed by atoms with Crippen LogP contribution in [-0.4, -0.2) is 6.54 Å². The van der Waals surface area contributed by atoms with E-state index in [9.17, 15) is 0 Å². The van der Waals surface area contributed by atoms with Crippen molar-refractivity contribution in [1.29, 1.82) is 0 Å². The highest BCUT2D eigenvalue weighted by atomic mass is 32.1. The predicted molar refractivity (Wildman–Crippen MR) is 81.2 cm³/mol. The van der Waals surface area contributed by atoms with Gasteiger partial charge in [0.05, 0.1) is 0 Å². The Bertz CT molecular complexity index is 501. The molecule has 0 fully saturated rings. The summed E-state index contributed by atoms with van der Waals surface area (Å²) in [7, 11) is 0. The Kier molecular flexibility index (Phi) is 4.56. The first kappa shape index (κ1) is 13.3. The summed E-state index contributed by atoms with van der Waals surface area (Å²) in [6, 6.07) is 13.5. The molecule has 2 heteroatoms. The average molecular weight is 259 g/mol. The molecule has 2 rings (SSSR count). The highest BCUT2D eigenvalue weighted by Gasteiger charge is 2.09. The molecule has 1 unspecified atom stereocenters. The Hall–Kier alpha value is -1.12. The van der Waals surface area contributed by atoms with E-state index in [1.807, 2.05) is 11.3 Å². The van der Waals surface area contributed by atoms with Gasteiger partial charge in [0, 0.05) is 15.8 Å². The number of aryl methyl sites for hydroxylation is 1. The lowest BCUT2D eigenvalue weighted by molar-refractivity contribution is 0.578. The van der Waals surface area contributed by atoms with Gasteiger partial charge in [0.25, 0.3) is 0 Å². The zero-order valence-corrected chi connectivity index (χ0v) is 12.2. The highest BCUT2D eigenvalue weighted by molar-refractivity contribution is 7.15. The molecular formula is C16H21NS. The first-order valence-corrected chi connectivity index (χ1v) is 7.43. The number of benzene rings is 1. The molecule has 1 aromatic carbocycles. The normalized spacial score (nSPS) is 12.6. The van der Waals surface area contributed by atoms with Crippen LogP contribution in [-0.2, 0) is 0 Å². The zero-order valence-electron chi connectivity index (χ0n) is 11.4. The molecule has 18 heavy (non-hydrogen) atoms. The van der Waals surface area contributed by atoms with Crippen LogP contribution in [0.5, 0.6) is 0 Å². The summed E-state index contributed by atoms with van der Waals surface area (Å²) in [5.41, 5.74) is 2.71. The number of nitrogens with one attached hydrogen (secondary N) is 1. The molecule has 0 amide bonds. The molecule has 0 aliphatic heterocycles. The molecule has 0 aliphatic rings. The molecule has 2 aromatic rings. The van der Waals surface area contributed by atoms with Gasteiger partial charge in [-0.05, 0) is 50.1 Å². The van der Waals surface area contributed by atoms with E-state index < -0.39 is 0 Å². The van der Waals surface area contributed by atoms with Crippen molar-refractivity contribution in [2.75, 3.05) is 6.54 Å². The van der Waals surface area contributed by atoms with Gasteiger partial charge in [0.2, 0.25) is 0 Å². The monoisotopic (exact) mass is 259 g/mol. The minimum absolute atomic E-state index is 0.452. The van der Waals surface area contributed by atoms with E-state index in [2.05, 4.69) is 62.5 Å². The fourth-order valence-electron chi connectivity index (χ4n) is 2.04. The molecule has 1 nitrogen and oxygen atoms in total. The second-order valence-corrected chi connectivity index (χ2v) is 5.81. The molecule has 0 saturated heterocycles. The number of thiophene rings is 1. The average Bonchev–Trinajstić information content (AvgIpc) is 2.86. The zero-order chi connectivity index (χ0) is 13.0. The summed E-state index contributed by atoms with van der Waals surface area (Å²) in [6.45, 7) is 7.70. The third-order valence-electron chi connectivity index (χ3n) is 3.16. The molecule has 1 atom stereocenters. The quantitative estimate of drug-likeness (QED) is 0.814. The molecule has 0 aliphatic carbocycles. The van der Waals surface area contributed by atoms with Gasteiger partial charge in [-0.25, -0.2) is 0 Å². The van der Waals surface area contributed by atoms with E-state index in [1.54, 1.807) is 0 Å². The van der Waals surface area contributed by atoms with Gasteiger partial charge in [0.1, 0.15) is 0 Å². The summed E-state index contributed by atoms with van der Waals surface area (Å²) in [5, 5.41) is 3.54. The van der Waals surface area contributed by atoms with E-state index in [0.717, 1.165) is 6.54 Å². The Morgan fingerprint density at radius 3 is 2.67 bits per heavy atom. The van der Waals surface area contributed by atoms with E-state index in [4.69, 9.17) is 0 Å². The van der Waals surface area contributed by atoms with Gasteiger partial charge in [0.15, 0.2) is 0 Å². The Morgan fingerprint density at radius 1 is 1.17 bits per heavy atom. The molecule has 1 aromatic heterocycles. The highest BCUT2D eigenvalue weighted by Crippen LogP contribution is 2.32. The van der Waals surface area contributed by atoms with E-state index >= 15 is 0 Å². The Balaban J connectivity index is 2.18. The summed E-state index contributed by atoms with van der Waals surface area (Å²) < 4.78 is 0. The molecule has 0 bridgehead atoms. The Labute approximate surface area is 114 Å². The molecule has 1 N–H and O–H groups in total. The summed E-state index contributed by atoms with van der Waals surface area (Å²) in [6.07, 6.45) is 1.18. The van der Waals surface area contributed by atoms with E-state index in [-0.39, 0.29) is 0 Å². The van der Waals surface area contributed by atoms with Gasteiger partial charge < -0.3 is 5.32 Å². The number of hydrogen-bond donors (Lipinski definition) is 1. The standard InChI is InChI=1S/C16H21NS/c1-4-11-17-13(3)15-9-10-16(18-15)14-8-6-5-7-12(14)2/h5-10,13,17H,4,11H2,1-3H3. The van der Waals surface area contributed by atoms with Gasteiger partial charge in [-0.1, -0.05) is 31.2 Å². The fraction of sp³-hybridized carbons (Fsp3) is 0.375. The first-order valence-electron chi connectivity index (χ1n) is 6.61. The maximum atomic E-state index is 3.54. The lowest BCUT2D eigenvalue weighted by atomic mass is 10.1. The summed E-state index contributed by atoms with van der Waals surface area (Å²) >= 11 is 1.90. The lowest BCUT2D eigenvalue weighted by Crippen LogP contribution is -2.18. The van der Waals surface area contributed by atoms with E-state index in [1.165, 1.54) is 27.3 Å². The molecule has 96 valence electrons. The van der Waals surface area contributed by atoms with Gasteiger partial charge >= 0.3 is 0 Å².